The van der Waals surface area contributed by atoms with E-state index in [2.05, 4.69) is 10.1 Å². The molecule has 1 aliphatic carbocycles. The molecule has 0 N–H and O–H groups in total. The number of nitrogens with zero attached hydrogens (tertiary/aromatic N) is 4. The minimum atomic E-state index is -0.0250. The van der Waals surface area contributed by atoms with Gasteiger partial charge in [-0.15, -0.1) is 0 Å². The quantitative estimate of drug-likeness (QED) is 0.843. The summed E-state index contributed by atoms with van der Waals surface area (Å²) in [7, 11) is 3.60. The molecule has 0 aromatic carbocycles. The number of carbonyl (C=O) groups is 1. The molecule has 5 nitrogen and oxygen atoms in total. The van der Waals surface area contributed by atoms with Gasteiger partial charge in [0.2, 0.25) is 0 Å². The number of hydrogen-bond donors (Lipinski definition) is 0. The number of amides is 1. The molecule has 2 aromatic rings. The van der Waals surface area contributed by atoms with Crippen LogP contribution in [0.4, 0.5) is 5.69 Å². The van der Waals surface area contributed by atoms with Gasteiger partial charge in [0.25, 0.3) is 5.91 Å². The lowest BCUT2D eigenvalue weighted by Gasteiger charge is -2.16. The van der Waals surface area contributed by atoms with Gasteiger partial charge in [-0.2, -0.15) is 5.10 Å². The Balaban J connectivity index is 1.91. The van der Waals surface area contributed by atoms with Gasteiger partial charge in [0.1, 0.15) is 0 Å². The average molecular weight is 256 g/mol. The predicted octanol–water partition coefficient (Wildman–Crippen LogP) is 1.97. The Hall–Kier alpha value is -2.17. The Bertz CT molecular complexity index is 615. The van der Waals surface area contributed by atoms with Crippen LogP contribution in [0.1, 0.15) is 34.8 Å². The van der Waals surface area contributed by atoms with Crippen molar-refractivity contribution in [2.24, 2.45) is 7.05 Å². The van der Waals surface area contributed by atoms with Crippen molar-refractivity contribution < 1.29 is 4.79 Å². The fourth-order valence-corrected chi connectivity index (χ4v) is 2.16. The van der Waals surface area contributed by atoms with Crippen LogP contribution in [-0.2, 0) is 7.05 Å². The first kappa shape index (κ1) is 11.9. The summed E-state index contributed by atoms with van der Waals surface area (Å²) in [5, 5.41) is 4.09. The third-order valence-corrected chi connectivity index (χ3v) is 3.42. The first-order valence-corrected chi connectivity index (χ1v) is 6.38. The Morgan fingerprint density at radius 3 is 2.89 bits per heavy atom. The molecule has 1 aliphatic rings. The highest BCUT2D eigenvalue weighted by molar-refractivity contribution is 6.06. The summed E-state index contributed by atoms with van der Waals surface area (Å²) in [6.07, 6.45) is 7.53. The summed E-state index contributed by atoms with van der Waals surface area (Å²) in [4.78, 5) is 18.6. The summed E-state index contributed by atoms with van der Waals surface area (Å²) >= 11 is 0. The Labute approximate surface area is 111 Å². The van der Waals surface area contributed by atoms with Gasteiger partial charge in [0.05, 0.1) is 23.1 Å². The van der Waals surface area contributed by atoms with Crippen molar-refractivity contribution in [1.82, 2.24) is 14.8 Å². The van der Waals surface area contributed by atoms with E-state index in [-0.39, 0.29) is 5.91 Å². The number of carbonyl (C=O) groups excluding carboxylic acids is 1. The standard InChI is InChI=1S/C14H16N4O/c1-17-9-11(8-16-17)18(2)14(19)12-4-3-7-15-13(12)10-5-6-10/h3-4,7-10H,5-6H2,1-2H3. The monoisotopic (exact) mass is 256 g/mol. The number of aromatic nitrogens is 3. The third-order valence-electron chi connectivity index (χ3n) is 3.42. The SMILES string of the molecule is CN(C(=O)c1cccnc1C1CC1)c1cnn(C)c1. The summed E-state index contributed by atoms with van der Waals surface area (Å²) < 4.78 is 1.68. The maximum atomic E-state index is 12.6. The lowest BCUT2D eigenvalue weighted by Crippen LogP contribution is -2.27. The molecule has 0 radical (unpaired) electrons. The molecule has 0 aliphatic heterocycles. The van der Waals surface area contributed by atoms with E-state index in [0.717, 1.165) is 24.2 Å². The van der Waals surface area contributed by atoms with E-state index in [1.54, 1.807) is 29.0 Å². The molecule has 0 atom stereocenters. The van der Waals surface area contributed by atoms with Gasteiger partial charge >= 0.3 is 0 Å². The Morgan fingerprint density at radius 1 is 1.47 bits per heavy atom. The number of hydrogen-bond acceptors (Lipinski definition) is 3. The van der Waals surface area contributed by atoms with Crippen LogP contribution in [0.2, 0.25) is 0 Å². The van der Waals surface area contributed by atoms with Gasteiger partial charge in [-0.05, 0) is 25.0 Å². The molecule has 19 heavy (non-hydrogen) atoms. The van der Waals surface area contributed by atoms with Crippen LogP contribution in [0.5, 0.6) is 0 Å². The number of anilines is 1. The van der Waals surface area contributed by atoms with E-state index in [4.69, 9.17) is 0 Å². The van der Waals surface area contributed by atoms with Gasteiger partial charge in [0.15, 0.2) is 0 Å². The maximum Gasteiger partial charge on any atom is 0.259 e. The normalized spacial score (nSPS) is 14.4. The van der Waals surface area contributed by atoms with Crippen molar-refractivity contribution in [3.8, 4) is 0 Å². The summed E-state index contributed by atoms with van der Waals surface area (Å²) in [6, 6.07) is 3.67. The van der Waals surface area contributed by atoms with Crippen LogP contribution in [-0.4, -0.2) is 27.7 Å². The van der Waals surface area contributed by atoms with Crippen molar-refractivity contribution in [3.05, 3.63) is 42.0 Å². The second-order valence-electron chi connectivity index (χ2n) is 4.95. The van der Waals surface area contributed by atoms with E-state index in [0.29, 0.717) is 11.5 Å². The highest BCUT2D eigenvalue weighted by Crippen LogP contribution is 2.40. The first-order chi connectivity index (χ1) is 9.16. The molecular weight excluding hydrogens is 240 g/mol. The second kappa shape index (κ2) is 4.50. The zero-order valence-corrected chi connectivity index (χ0v) is 11.1. The van der Waals surface area contributed by atoms with Crippen molar-refractivity contribution in [2.75, 3.05) is 11.9 Å². The molecular formula is C14H16N4O. The van der Waals surface area contributed by atoms with Gasteiger partial charge in [-0.25, -0.2) is 0 Å². The molecule has 0 bridgehead atoms. The highest BCUT2D eigenvalue weighted by Gasteiger charge is 2.30. The van der Waals surface area contributed by atoms with E-state index >= 15 is 0 Å². The molecule has 1 saturated carbocycles. The van der Waals surface area contributed by atoms with Gasteiger partial charge in [0, 0.05) is 32.4 Å². The molecule has 3 rings (SSSR count). The van der Waals surface area contributed by atoms with E-state index < -0.39 is 0 Å². The maximum absolute atomic E-state index is 12.6. The van der Waals surface area contributed by atoms with Crippen molar-refractivity contribution in [1.29, 1.82) is 0 Å². The van der Waals surface area contributed by atoms with Crippen molar-refractivity contribution in [3.63, 3.8) is 0 Å². The average Bonchev–Trinajstić information content (AvgIpc) is 3.19. The van der Waals surface area contributed by atoms with Crippen molar-refractivity contribution >= 4 is 11.6 Å². The first-order valence-electron chi connectivity index (χ1n) is 6.38. The van der Waals surface area contributed by atoms with Crippen LogP contribution in [0.25, 0.3) is 0 Å². The molecule has 2 heterocycles. The Kier molecular flexibility index (Phi) is 2.81. The van der Waals surface area contributed by atoms with Gasteiger partial charge < -0.3 is 4.90 Å². The zero-order chi connectivity index (χ0) is 13.4. The third kappa shape index (κ3) is 2.23. The second-order valence-corrected chi connectivity index (χ2v) is 4.95. The van der Waals surface area contributed by atoms with Gasteiger partial charge in [-0.1, -0.05) is 0 Å². The zero-order valence-electron chi connectivity index (χ0n) is 11.1. The molecule has 1 fully saturated rings. The van der Waals surface area contributed by atoms with E-state index in [9.17, 15) is 4.79 Å². The van der Waals surface area contributed by atoms with Crippen LogP contribution in [0.15, 0.2) is 30.7 Å². The minimum absolute atomic E-state index is 0.0250. The van der Waals surface area contributed by atoms with Crippen LogP contribution in [0, 0.1) is 0 Å². The lowest BCUT2D eigenvalue weighted by molar-refractivity contribution is 0.0991. The fourth-order valence-electron chi connectivity index (χ4n) is 2.16. The number of rotatable bonds is 3. The van der Waals surface area contributed by atoms with Crippen LogP contribution >= 0.6 is 0 Å². The highest BCUT2D eigenvalue weighted by atomic mass is 16.2. The summed E-state index contributed by atoms with van der Waals surface area (Å²) in [6.45, 7) is 0. The molecule has 0 saturated heterocycles. The topological polar surface area (TPSA) is 51.0 Å². The van der Waals surface area contributed by atoms with E-state index in [1.165, 1.54) is 0 Å². The van der Waals surface area contributed by atoms with Crippen molar-refractivity contribution in [2.45, 2.75) is 18.8 Å². The van der Waals surface area contributed by atoms with Crippen LogP contribution in [0.3, 0.4) is 0 Å². The smallest absolute Gasteiger partial charge is 0.259 e. The van der Waals surface area contributed by atoms with Crippen LogP contribution < -0.4 is 4.90 Å². The molecule has 2 aromatic heterocycles. The molecule has 0 spiro atoms. The number of aryl methyl sites for hydroxylation is 1. The van der Waals surface area contributed by atoms with E-state index in [1.807, 2.05) is 25.4 Å². The molecule has 0 unspecified atom stereocenters. The largest absolute Gasteiger partial charge is 0.308 e. The molecule has 1 amide bonds. The molecule has 5 heteroatoms. The fraction of sp³-hybridized carbons (Fsp3) is 0.357. The van der Waals surface area contributed by atoms with Gasteiger partial charge in [-0.3, -0.25) is 14.5 Å². The summed E-state index contributed by atoms with van der Waals surface area (Å²) in [5.74, 6) is 0.436. The predicted molar refractivity (Wildman–Crippen MR) is 72.2 cm³/mol. The Morgan fingerprint density at radius 2 is 2.26 bits per heavy atom. The molecule has 98 valence electrons. The summed E-state index contributed by atoms with van der Waals surface area (Å²) in [5.41, 5.74) is 2.43. The lowest BCUT2D eigenvalue weighted by atomic mass is 10.1. The number of pyridine rings is 1. The minimum Gasteiger partial charge on any atom is -0.308 e.